The van der Waals surface area contributed by atoms with Crippen molar-refractivity contribution in [3.8, 4) is 5.88 Å². The van der Waals surface area contributed by atoms with Crippen LogP contribution in [0.5, 0.6) is 5.88 Å². The van der Waals surface area contributed by atoms with Gasteiger partial charge in [0.15, 0.2) is 0 Å². The summed E-state index contributed by atoms with van der Waals surface area (Å²) in [6, 6.07) is 3.66. The Morgan fingerprint density at radius 2 is 1.90 bits per heavy atom. The van der Waals surface area contributed by atoms with E-state index in [1.165, 1.54) is 12.2 Å². The number of nitro benzene ring substituents is 1. The Bertz CT molecular complexity index is 1080. The molecule has 0 atom stereocenters. The highest BCUT2D eigenvalue weighted by Crippen LogP contribution is 2.33. The number of hydrogen-bond acceptors (Lipinski definition) is 6. The maximum Gasteiger partial charge on any atom is 0.417 e. The minimum atomic E-state index is -4.59. The number of halogens is 5. The third-order valence-corrected chi connectivity index (χ3v) is 5.60. The van der Waals surface area contributed by atoms with Crippen molar-refractivity contribution in [2.75, 3.05) is 13.2 Å². The fraction of sp³-hybridized carbons (Fsp3) is 0.188. The highest BCUT2D eigenvalue weighted by molar-refractivity contribution is 7.89. The van der Waals surface area contributed by atoms with Crippen LogP contribution in [0.15, 0.2) is 47.5 Å². The van der Waals surface area contributed by atoms with Gasteiger partial charge in [-0.25, -0.2) is 18.1 Å². The number of nitrogens with zero attached hydrogens (tertiary/aromatic N) is 2. The van der Waals surface area contributed by atoms with E-state index in [2.05, 4.69) is 9.71 Å². The number of pyridine rings is 1. The van der Waals surface area contributed by atoms with Gasteiger partial charge in [0.2, 0.25) is 15.9 Å². The third-order valence-electron chi connectivity index (χ3n) is 3.42. The van der Waals surface area contributed by atoms with Crippen LogP contribution in [0.3, 0.4) is 0 Å². The molecule has 0 aliphatic heterocycles. The van der Waals surface area contributed by atoms with Crippen molar-refractivity contribution in [2.24, 2.45) is 0 Å². The second-order valence-corrected chi connectivity index (χ2v) is 8.06. The van der Waals surface area contributed by atoms with Gasteiger partial charge in [0.1, 0.15) is 16.5 Å². The molecule has 1 aromatic carbocycles. The molecular formula is C16H12Cl2F3N3O5S. The average Bonchev–Trinajstić information content (AvgIpc) is 2.64. The van der Waals surface area contributed by atoms with Gasteiger partial charge in [0, 0.05) is 24.9 Å². The lowest BCUT2D eigenvalue weighted by atomic mass is 10.3. The van der Waals surface area contributed by atoms with Crippen LogP contribution in [-0.4, -0.2) is 31.5 Å². The van der Waals surface area contributed by atoms with Crippen LogP contribution in [-0.2, 0) is 16.2 Å². The molecular weight excluding hydrogens is 474 g/mol. The van der Waals surface area contributed by atoms with Gasteiger partial charge in [-0.1, -0.05) is 29.3 Å². The second-order valence-electron chi connectivity index (χ2n) is 5.51. The smallest absolute Gasteiger partial charge is 0.417 e. The first kappa shape index (κ1) is 23.9. The maximum absolute atomic E-state index is 12.5. The SMILES string of the molecule is O=[N+]([O-])c1ccc(Cl)c(S(=O)(=O)NCC=CCOc2ncc(C(F)(F)F)cc2Cl)c1. The molecule has 0 aliphatic carbocycles. The Hall–Kier alpha value is -2.41. The topological polar surface area (TPSA) is 111 Å². The summed E-state index contributed by atoms with van der Waals surface area (Å²) in [5.74, 6) is -0.224. The molecule has 162 valence electrons. The molecule has 2 aromatic rings. The molecule has 0 aliphatic rings. The lowest BCUT2D eigenvalue weighted by Gasteiger charge is -2.09. The van der Waals surface area contributed by atoms with E-state index in [4.69, 9.17) is 27.9 Å². The van der Waals surface area contributed by atoms with Gasteiger partial charge < -0.3 is 4.74 Å². The van der Waals surface area contributed by atoms with Crippen LogP contribution >= 0.6 is 23.2 Å². The van der Waals surface area contributed by atoms with Crippen LogP contribution in [0.1, 0.15) is 5.56 Å². The first-order chi connectivity index (χ1) is 13.9. The summed E-state index contributed by atoms with van der Waals surface area (Å²) in [4.78, 5) is 13.1. The van der Waals surface area contributed by atoms with E-state index in [1.807, 2.05) is 0 Å². The molecule has 1 N–H and O–H groups in total. The van der Waals surface area contributed by atoms with Gasteiger partial charge in [-0.15, -0.1) is 0 Å². The normalized spacial score (nSPS) is 12.3. The van der Waals surface area contributed by atoms with Crippen LogP contribution in [0.2, 0.25) is 10.0 Å². The van der Waals surface area contributed by atoms with E-state index in [9.17, 15) is 31.7 Å². The monoisotopic (exact) mass is 485 g/mol. The van der Waals surface area contributed by atoms with Crippen molar-refractivity contribution < 1.29 is 31.2 Å². The predicted molar refractivity (Wildman–Crippen MR) is 102 cm³/mol. The molecule has 0 fully saturated rings. The van der Waals surface area contributed by atoms with Gasteiger partial charge in [0.25, 0.3) is 5.69 Å². The molecule has 1 aromatic heterocycles. The zero-order valence-corrected chi connectivity index (χ0v) is 17.0. The second kappa shape index (κ2) is 9.60. The molecule has 8 nitrogen and oxygen atoms in total. The van der Waals surface area contributed by atoms with E-state index in [1.54, 1.807) is 0 Å². The number of benzene rings is 1. The number of non-ortho nitro benzene ring substituents is 1. The molecule has 1 heterocycles. The number of hydrogen-bond donors (Lipinski definition) is 1. The summed E-state index contributed by atoms with van der Waals surface area (Å²) in [5, 5.41) is 10.3. The molecule has 0 bridgehead atoms. The lowest BCUT2D eigenvalue weighted by molar-refractivity contribution is -0.385. The average molecular weight is 486 g/mol. The van der Waals surface area contributed by atoms with Gasteiger partial charge in [0.05, 0.1) is 15.5 Å². The quantitative estimate of drug-likeness (QED) is 0.340. The molecule has 14 heteroatoms. The summed E-state index contributed by atoms with van der Waals surface area (Å²) in [5.41, 5.74) is -1.46. The third kappa shape index (κ3) is 6.29. The standard InChI is InChI=1S/C16H12Cl2F3N3O5S/c17-12-4-3-11(24(25)26)8-14(12)30(27,28)23-5-1-2-6-29-15-13(18)7-10(9-22-15)16(19,20)21/h1-4,7-9,23H,5-6H2. The molecule has 2 rings (SSSR count). The van der Waals surface area contributed by atoms with Crippen molar-refractivity contribution in [3.05, 3.63) is 68.3 Å². The van der Waals surface area contributed by atoms with Gasteiger partial charge in [-0.3, -0.25) is 10.1 Å². The van der Waals surface area contributed by atoms with E-state index in [-0.39, 0.29) is 29.1 Å². The van der Waals surface area contributed by atoms with Crippen molar-refractivity contribution in [3.63, 3.8) is 0 Å². The highest BCUT2D eigenvalue weighted by Gasteiger charge is 2.31. The van der Waals surface area contributed by atoms with E-state index in [0.29, 0.717) is 12.3 Å². The molecule has 0 spiro atoms. The predicted octanol–water partition coefficient (Wildman–Crippen LogP) is 4.23. The Kier molecular flexibility index (Phi) is 7.64. The molecule has 0 saturated heterocycles. The number of rotatable bonds is 8. The van der Waals surface area contributed by atoms with Crippen molar-refractivity contribution in [1.29, 1.82) is 0 Å². The highest BCUT2D eigenvalue weighted by atomic mass is 35.5. The van der Waals surface area contributed by atoms with E-state index in [0.717, 1.165) is 18.2 Å². The molecule has 30 heavy (non-hydrogen) atoms. The molecule has 0 radical (unpaired) electrons. The van der Waals surface area contributed by atoms with Gasteiger partial charge >= 0.3 is 6.18 Å². The Morgan fingerprint density at radius 3 is 2.50 bits per heavy atom. The first-order valence-electron chi connectivity index (χ1n) is 7.86. The van der Waals surface area contributed by atoms with E-state index >= 15 is 0 Å². The maximum atomic E-state index is 12.5. The number of ether oxygens (including phenoxy) is 1. The number of sulfonamides is 1. The summed E-state index contributed by atoms with van der Waals surface area (Å²) in [6.45, 7) is -0.365. The molecule has 0 amide bonds. The summed E-state index contributed by atoms with van der Waals surface area (Å²) >= 11 is 11.5. The van der Waals surface area contributed by atoms with Crippen molar-refractivity contribution >= 4 is 38.9 Å². The first-order valence-corrected chi connectivity index (χ1v) is 10.1. The van der Waals surface area contributed by atoms with Crippen LogP contribution in [0.25, 0.3) is 0 Å². The van der Waals surface area contributed by atoms with Gasteiger partial charge in [-0.05, 0) is 18.2 Å². The Labute approximate surface area is 178 Å². The Balaban J connectivity index is 1.93. The van der Waals surface area contributed by atoms with Crippen LogP contribution in [0, 0.1) is 10.1 Å². The van der Waals surface area contributed by atoms with E-state index < -0.39 is 37.3 Å². The fourth-order valence-electron chi connectivity index (χ4n) is 2.01. The van der Waals surface area contributed by atoms with Crippen LogP contribution in [0.4, 0.5) is 18.9 Å². The number of alkyl halides is 3. The summed E-state index contributed by atoms with van der Waals surface area (Å²) < 4.78 is 69.4. The number of nitrogens with one attached hydrogen (secondary N) is 1. The minimum absolute atomic E-state index is 0.155. The summed E-state index contributed by atoms with van der Waals surface area (Å²) in [7, 11) is -4.13. The van der Waals surface area contributed by atoms with Crippen molar-refractivity contribution in [1.82, 2.24) is 9.71 Å². The number of nitro groups is 1. The largest absolute Gasteiger partial charge is 0.472 e. The summed E-state index contributed by atoms with van der Waals surface area (Å²) in [6.07, 6.45) is -1.30. The molecule has 0 unspecified atom stereocenters. The number of aromatic nitrogens is 1. The van der Waals surface area contributed by atoms with Gasteiger partial charge in [-0.2, -0.15) is 13.2 Å². The lowest BCUT2D eigenvalue weighted by Crippen LogP contribution is -2.24. The fourth-order valence-corrected chi connectivity index (χ4v) is 3.73. The Morgan fingerprint density at radius 1 is 1.20 bits per heavy atom. The van der Waals surface area contributed by atoms with Crippen molar-refractivity contribution in [2.45, 2.75) is 11.1 Å². The zero-order chi connectivity index (χ0) is 22.5. The zero-order valence-electron chi connectivity index (χ0n) is 14.7. The van der Waals surface area contributed by atoms with Crippen LogP contribution < -0.4 is 9.46 Å². The molecule has 0 saturated carbocycles. The minimum Gasteiger partial charge on any atom is -0.472 e.